The van der Waals surface area contributed by atoms with Crippen LogP contribution in [0.5, 0.6) is 0 Å². The Bertz CT molecular complexity index is 1080. The minimum Gasteiger partial charge on any atom is -0.444 e. The van der Waals surface area contributed by atoms with Crippen LogP contribution in [0.4, 0.5) is 10.5 Å². The van der Waals surface area contributed by atoms with Crippen molar-refractivity contribution >= 4 is 35.4 Å². The molecule has 0 bridgehead atoms. The van der Waals surface area contributed by atoms with Crippen LogP contribution in [-0.2, 0) is 14.3 Å². The molecule has 0 heterocycles. The molecule has 3 amide bonds. The van der Waals surface area contributed by atoms with E-state index in [1.54, 1.807) is 51.1 Å². The summed E-state index contributed by atoms with van der Waals surface area (Å²) in [7, 11) is 0. The smallest absolute Gasteiger partial charge is 0.408 e. The molecule has 2 rings (SSSR count). The van der Waals surface area contributed by atoms with Gasteiger partial charge in [-0.3, -0.25) is 9.59 Å². The van der Waals surface area contributed by atoms with Gasteiger partial charge in [-0.15, -0.1) is 0 Å². The van der Waals surface area contributed by atoms with Crippen molar-refractivity contribution < 1.29 is 19.1 Å². The van der Waals surface area contributed by atoms with E-state index >= 15 is 0 Å². The Balaban J connectivity index is 2.44. The van der Waals surface area contributed by atoms with Crippen molar-refractivity contribution in [3.8, 4) is 6.07 Å². The highest BCUT2D eigenvalue weighted by molar-refractivity contribution is 7.98. The number of hydrogen-bond donors (Lipinski definition) is 2. The average Bonchev–Trinajstić information content (AvgIpc) is 2.82. The zero-order chi connectivity index (χ0) is 26.7. The molecule has 0 spiro atoms. The van der Waals surface area contributed by atoms with Crippen LogP contribution in [-0.4, -0.2) is 53.0 Å². The summed E-state index contributed by atoms with van der Waals surface area (Å²) >= 11 is 1.52. The monoisotopic (exact) mass is 510 g/mol. The number of amides is 3. The lowest BCUT2D eigenvalue weighted by atomic mass is 10.0. The first-order chi connectivity index (χ1) is 17.1. The molecule has 0 aliphatic rings. The quantitative estimate of drug-likeness (QED) is 0.449. The molecule has 0 radical (unpaired) electrons. The largest absolute Gasteiger partial charge is 0.444 e. The second-order valence-electron chi connectivity index (χ2n) is 9.22. The molecule has 0 aliphatic carbocycles. The van der Waals surface area contributed by atoms with Crippen molar-refractivity contribution in [1.29, 1.82) is 5.26 Å². The van der Waals surface area contributed by atoms with Crippen molar-refractivity contribution in [2.75, 3.05) is 23.9 Å². The molecule has 9 heteroatoms. The van der Waals surface area contributed by atoms with Gasteiger partial charge in [0.15, 0.2) is 0 Å². The number of anilines is 1. The molecule has 36 heavy (non-hydrogen) atoms. The van der Waals surface area contributed by atoms with Gasteiger partial charge in [-0.1, -0.05) is 48.5 Å². The number of rotatable bonds is 10. The number of ether oxygens (including phenoxy) is 1. The predicted molar refractivity (Wildman–Crippen MR) is 142 cm³/mol. The van der Waals surface area contributed by atoms with Crippen LogP contribution in [0.2, 0.25) is 0 Å². The Morgan fingerprint density at radius 1 is 1.08 bits per heavy atom. The van der Waals surface area contributed by atoms with Crippen molar-refractivity contribution in [2.45, 2.75) is 51.8 Å². The van der Waals surface area contributed by atoms with E-state index in [0.717, 1.165) is 5.56 Å². The number of para-hydroxylation sites is 1. The number of aryl methyl sites for hydroxylation is 1. The van der Waals surface area contributed by atoms with Crippen LogP contribution in [0.25, 0.3) is 0 Å². The molecule has 2 aromatic carbocycles. The minimum absolute atomic E-state index is 0.308. The van der Waals surface area contributed by atoms with Crippen LogP contribution in [0.3, 0.4) is 0 Å². The van der Waals surface area contributed by atoms with E-state index in [1.807, 2.05) is 43.5 Å². The number of thioether (sulfide) groups is 1. The second-order valence-corrected chi connectivity index (χ2v) is 10.2. The Hall–Kier alpha value is -3.51. The summed E-state index contributed by atoms with van der Waals surface area (Å²) in [5.74, 6) is -0.414. The van der Waals surface area contributed by atoms with E-state index in [-0.39, 0.29) is 6.54 Å². The van der Waals surface area contributed by atoms with Gasteiger partial charge >= 0.3 is 6.09 Å². The molecular formula is C27H34N4O4S. The van der Waals surface area contributed by atoms with Gasteiger partial charge in [-0.05, 0) is 63.3 Å². The highest BCUT2D eigenvalue weighted by atomic mass is 32.2. The molecule has 0 fully saturated rings. The first-order valence-electron chi connectivity index (χ1n) is 11.6. The van der Waals surface area contributed by atoms with Gasteiger partial charge in [-0.25, -0.2) is 4.79 Å². The van der Waals surface area contributed by atoms with E-state index in [9.17, 15) is 19.6 Å². The molecular weight excluding hydrogens is 476 g/mol. The number of carbonyl (C=O) groups is 3. The number of hydrogen-bond acceptors (Lipinski definition) is 6. The van der Waals surface area contributed by atoms with Gasteiger partial charge in [-0.2, -0.15) is 17.0 Å². The van der Waals surface area contributed by atoms with Crippen LogP contribution in [0, 0.1) is 18.3 Å². The fraction of sp³-hybridized carbons (Fsp3) is 0.407. The average molecular weight is 511 g/mol. The zero-order valence-electron chi connectivity index (χ0n) is 21.4. The lowest BCUT2D eigenvalue weighted by molar-refractivity contribution is -0.140. The number of carbonyl (C=O) groups excluding carboxylic acids is 3. The first-order valence-corrected chi connectivity index (χ1v) is 13.0. The number of benzene rings is 2. The van der Waals surface area contributed by atoms with Gasteiger partial charge in [0.1, 0.15) is 24.2 Å². The molecule has 2 unspecified atom stereocenters. The van der Waals surface area contributed by atoms with Crippen LogP contribution < -0.4 is 10.6 Å². The Morgan fingerprint density at radius 3 is 2.31 bits per heavy atom. The summed E-state index contributed by atoms with van der Waals surface area (Å²) < 4.78 is 5.35. The molecule has 192 valence electrons. The summed E-state index contributed by atoms with van der Waals surface area (Å²) in [4.78, 5) is 41.1. The van der Waals surface area contributed by atoms with Gasteiger partial charge in [0.05, 0.1) is 6.07 Å². The SMILES string of the molecule is CSCCC(NC(=O)OC(C)(C)C)C(=O)N(CC#N)C(C(=O)Nc1ccccc1C)c1ccccc1. The molecule has 0 aliphatic heterocycles. The third-order valence-corrected chi connectivity index (χ3v) is 5.85. The van der Waals surface area contributed by atoms with Gasteiger partial charge < -0.3 is 20.3 Å². The molecule has 0 aromatic heterocycles. The number of nitrogens with zero attached hydrogens (tertiary/aromatic N) is 2. The first kappa shape index (κ1) is 28.7. The highest BCUT2D eigenvalue weighted by Crippen LogP contribution is 2.25. The number of alkyl carbamates (subject to hydrolysis) is 1. The van der Waals surface area contributed by atoms with Gasteiger partial charge in [0.2, 0.25) is 5.91 Å². The van der Waals surface area contributed by atoms with Gasteiger partial charge in [0.25, 0.3) is 5.91 Å². The second kappa shape index (κ2) is 13.5. The maximum absolute atomic E-state index is 13.8. The third-order valence-electron chi connectivity index (χ3n) is 5.20. The summed E-state index contributed by atoms with van der Waals surface area (Å²) in [5.41, 5.74) is 1.27. The Morgan fingerprint density at radius 2 is 1.72 bits per heavy atom. The Kier molecular flexibility index (Phi) is 10.8. The van der Waals surface area contributed by atoms with Crippen LogP contribution >= 0.6 is 11.8 Å². The molecule has 2 atom stereocenters. The van der Waals surface area contributed by atoms with Crippen LogP contribution in [0.15, 0.2) is 54.6 Å². The van der Waals surface area contributed by atoms with E-state index in [4.69, 9.17) is 4.74 Å². The summed E-state index contributed by atoms with van der Waals surface area (Å²) in [6.07, 6.45) is 1.46. The molecule has 8 nitrogen and oxygen atoms in total. The summed E-state index contributed by atoms with van der Waals surface area (Å²) in [6, 6.07) is 16.1. The summed E-state index contributed by atoms with van der Waals surface area (Å²) in [6.45, 7) is 6.72. The van der Waals surface area contributed by atoms with E-state index in [0.29, 0.717) is 23.4 Å². The van der Waals surface area contributed by atoms with E-state index in [2.05, 4.69) is 10.6 Å². The molecule has 0 saturated carbocycles. The highest BCUT2D eigenvalue weighted by Gasteiger charge is 2.36. The zero-order valence-corrected chi connectivity index (χ0v) is 22.2. The fourth-order valence-electron chi connectivity index (χ4n) is 3.54. The molecule has 2 aromatic rings. The van der Waals surface area contributed by atoms with Crippen molar-refractivity contribution in [2.24, 2.45) is 0 Å². The lowest BCUT2D eigenvalue weighted by Gasteiger charge is -2.33. The third kappa shape index (κ3) is 8.61. The Labute approximate surface area is 217 Å². The maximum atomic E-state index is 13.8. The fourth-order valence-corrected chi connectivity index (χ4v) is 4.01. The van der Waals surface area contributed by atoms with E-state index < -0.39 is 35.6 Å². The number of nitrogens with one attached hydrogen (secondary N) is 2. The maximum Gasteiger partial charge on any atom is 0.408 e. The number of nitriles is 1. The lowest BCUT2D eigenvalue weighted by Crippen LogP contribution is -2.52. The van der Waals surface area contributed by atoms with Gasteiger partial charge in [0, 0.05) is 5.69 Å². The molecule has 0 saturated heterocycles. The standard InChI is InChI=1S/C27H34N4O4S/c1-19-11-9-10-14-21(19)29-24(32)23(20-12-7-6-8-13-20)31(17-16-28)25(33)22(15-18-36-5)30-26(34)35-27(2,3)4/h6-14,22-23H,15,17-18H2,1-5H3,(H,29,32)(H,30,34). The normalized spacial score (nSPS) is 12.6. The predicted octanol–water partition coefficient (Wildman–Crippen LogP) is 4.67. The van der Waals surface area contributed by atoms with Crippen molar-refractivity contribution in [3.63, 3.8) is 0 Å². The van der Waals surface area contributed by atoms with Crippen molar-refractivity contribution in [3.05, 3.63) is 65.7 Å². The minimum atomic E-state index is -1.09. The van der Waals surface area contributed by atoms with E-state index in [1.165, 1.54) is 16.7 Å². The van der Waals surface area contributed by atoms with Crippen molar-refractivity contribution in [1.82, 2.24) is 10.2 Å². The van der Waals surface area contributed by atoms with Crippen LogP contribution in [0.1, 0.15) is 44.4 Å². The summed E-state index contributed by atoms with van der Waals surface area (Å²) in [5, 5.41) is 15.1. The topological polar surface area (TPSA) is 112 Å². The molecule has 2 N–H and O–H groups in total.